The van der Waals surface area contributed by atoms with E-state index in [0.29, 0.717) is 11.7 Å². The Hall–Kier alpha value is -0.990. The van der Waals surface area contributed by atoms with Gasteiger partial charge in [-0.2, -0.15) is 0 Å². The van der Waals surface area contributed by atoms with Crippen molar-refractivity contribution in [2.24, 2.45) is 16.5 Å². The van der Waals surface area contributed by atoms with E-state index in [1.165, 1.54) is 19.0 Å². The first-order valence-corrected chi connectivity index (χ1v) is 3.03. The Morgan fingerprint density at radius 3 is 2.67 bits per heavy atom. The summed E-state index contributed by atoms with van der Waals surface area (Å²) in [4.78, 5) is 4.11. The van der Waals surface area contributed by atoms with Gasteiger partial charge in [0.1, 0.15) is 0 Å². The lowest BCUT2D eigenvalue weighted by molar-refractivity contribution is 1.07. The minimum atomic E-state index is 0.531. The van der Waals surface area contributed by atoms with Crippen molar-refractivity contribution >= 4 is 6.21 Å². The maximum absolute atomic E-state index is 5.34. The molecular formula is C6H11N3. The number of aliphatic imine (C=N–C) groups is 1. The van der Waals surface area contributed by atoms with Crippen molar-refractivity contribution in [3.63, 3.8) is 0 Å². The largest absolute Gasteiger partial charge is 0.403 e. The molecule has 50 valence electrons. The lowest BCUT2D eigenvalue weighted by atomic mass is 10.5. The molecule has 9 heavy (non-hydrogen) atoms. The fraction of sp³-hybridized carbons (Fsp3) is 0.500. The maximum atomic E-state index is 5.34. The Morgan fingerprint density at radius 1 is 1.56 bits per heavy atom. The van der Waals surface area contributed by atoms with E-state index in [-0.39, 0.29) is 0 Å². The number of hydrogen-bond donors (Lipinski definition) is 2. The highest BCUT2D eigenvalue weighted by molar-refractivity contribution is 5.77. The molecule has 0 atom stereocenters. The van der Waals surface area contributed by atoms with Crippen LogP contribution in [-0.2, 0) is 0 Å². The molecule has 0 aromatic rings. The molecule has 1 aliphatic rings. The van der Waals surface area contributed by atoms with Gasteiger partial charge in [-0.05, 0) is 12.8 Å². The highest BCUT2D eigenvalue weighted by Gasteiger charge is 2.18. The fourth-order valence-electron chi connectivity index (χ4n) is 0.458. The molecule has 0 aromatic heterocycles. The first kappa shape index (κ1) is 6.13. The molecule has 3 heteroatoms. The molecule has 0 bridgehead atoms. The average molecular weight is 125 g/mol. The fourth-order valence-corrected chi connectivity index (χ4v) is 0.458. The lowest BCUT2D eigenvalue weighted by Crippen LogP contribution is -2.01. The van der Waals surface area contributed by atoms with Crippen LogP contribution in [0.5, 0.6) is 0 Å². The monoisotopic (exact) mass is 125 g/mol. The van der Waals surface area contributed by atoms with E-state index >= 15 is 0 Å². The number of nitrogens with two attached hydrogens (primary N) is 2. The van der Waals surface area contributed by atoms with Gasteiger partial charge in [0.05, 0.1) is 11.7 Å². The zero-order chi connectivity index (χ0) is 6.69. The third-order valence-corrected chi connectivity index (χ3v) is 1.17. The van der Waals surface area contributed by atoms with Crippen LogP contribution >= 0.6 is 0 Å². The molecule has 4 N–H and O–H groups in total. The predicted molar refractivity (Wildman–Crippen MR) is 38.0 cm³/mol. The minimum Gasteiger partial charge on any atom is -0.403 e. The minimum absolute atomic E-state index is 0.531. The third kappa shape index (κ3) is 2.17. The Labute approximate surface area is 54.4 Å². The molecule has 1 aliphatic carbocycles. The molecule has 0 heterocycles. The van der Waals surface area contributed by atoms with Gasteiger partial charge in [-0.25, -0.2) is 0 Å². The van der Waals surface area contributed by atoms with Gasteiger partial charge in [0.2, 0.25) is 0 Å². The van der Waals surface area contributed by atoms with Crippen LogP contribution in [-0.4, -0.2) is 12.3 Å². The van der Waals surface area contributed by atoms with E-state index in [1.54, 1.807) is 6.21 Å². The summed E-state index contributed by atoms with van der Waals surface area (Å²) in [6.07, 6.45) is 5.38. The summed E-state index contributed by atoms with van der Waals surface area (Å²) in [6, 6.07) is 0.531. The van der Waals surface area contributed by atoms with Crippen LogP contribution in [0.3, 0.4) is 0 Å². The van der Waals surface area contributed by atoms with Gasteiger partial charge < -0.3 is 11.5 Å². The van der Waals surface area contributed by atoms with Gasteiger partial charge >= 0.3 is 0 Å². The molecule has 1 saturated carbocycles. The van der Waals surface area contributed by atoms with Gasteiger partial charge in [-0.15, -0.1) is 0 Å². The van der Waals surface area contributed by atoms with Gasteiger partial charge in [0, 0.05) is 12.4 Å². The molecule has 1 fully saturated rings. The Morgan fingerprint density at radius 2 is 2.22 bits per heavy atom. The van der Waals surface area contributed by atoms with Gasteiger partial charge in [-0.3, -0.25) is 4.99 Å². The first-order chi connectivity index (χ1) is 4.33. The molecule has 0 aromatic carbocycles. The summed E-state index contributed by atoms with van der Waals surface area (Å²) in [5, 5.41) is 0. The Kier molecular flexibility index (Phi) is 1.72. The molecule has 3 nitrogen and oxygen atoms in total. The quantitative estimate of drug-likeness (QED) is 0.509. The number of hydrogen-bond acceptors (Lipinski definition) is 3. The van der Waals surface area contributed by atoms with Crippen LogP contribution < -0.4 is 11.5 Å². The number of allylic oxidation sites excluding steroid dienone is 1. The van der Waals surface area contributed by atoms with Crippen molar-refractivity contribution in [1.82, 2.24) is 0 Å². The van der Waals surface area contributed by atoms with Gasteiger partial charge in [0.25, 0.3) is 0 Å². The lowest BCUT2D eigenvalue weighted by Gasteiger charge is -1.86. The molecule has 0 spiro atoms. The molecule has 0 radical (unpaired) electrons. The highest BCUT2D eigenvalue weighted by Crippen LogP contribution is 2.22. The van der Waals surface area contributed by atoms with Gasteiger partial charge in [-0.1, -0.05) is 0 Å². The third-order valence-electron chi connectivity index (χ3n) is 1.17. The number of rotatable bonds is 2. The highest BCUT2D eigenvalue weighted by atomic mass is 14.8. The van der Waals surface area contributed by atoms with Crippen LogP contribution in [0.15, 0.2) is 16.9 Å². The number of nitrogens with zero attached hydrogens (tertiary/aromatic N) is 1. The molecule has 0 saturated heterocycles. The van der Waals surface area contributed by atoms with Crippen LogP contribution in [0.2, 0.25) is 0 Å². The van der Waals surface area contributed by atoms with Crippen molar-refractivity contribution in [2.75, 3.05) is 0 Å². The average Bonchev–Trinajstić information content (AvgIpc) is 2.65. The van der Waals surface area contributed by atoms with E-state index in [1.807, 2.05) is 0 Å². The maximum Gasteiger partial charge on any atom is 0.0653 e. The summed E-state index contributed by atoms with van der Waals surface area (Å²) in [5.74, 6) is 0. The molecule has 1 rings (SSSR count). The van der Waals surface area contributed by atoms with Gasteiger partial charge in [0.15, 0.2) is 0 Å². The predicted octanol–water partition coefficient (Wildman–Crippen LogP) is -0.0216. The van der Waals surface area contributed by atoms with E-state index in [0.717, 1.165) is 0 Å². The van der Waals surface area contributed by atoms with Crippen molar-refractivity contribution in [2.45, 2.75) is 18.9 Å². The molecule has 0 aliphatic heterocycles. The SMILES string of the molecule is NC=C(N)C=NC1CC1. The van der Waals surface area contributed by atoms with E-state index in [4.69, 9.17) is 11.5 Å². The van der Waals surface area contributed by atoms with Crippen molar-refractivity contribution in [3.05, 3.63) is 11.9 Å². The summed E-state index contributed by atoms with van der Waals surface area (Å²) in [6.45, 7) is 0. The summed E-state index contributed by atoms with van der Waals surface area (Å²) in [7, 11) is 0. The van der Waals surface area contributed by atoms with Crippen molar-refractivity contribution in [3.8, 4) is 0 Å². The van der Waals surface area contributed by atoms with Crippen LogP contribution in [0.4, 0.5) is 0 Å². The Bertz CT molecular complexity index is 144. The summed E-state index contributed by atoms with van der Waals surface area (Å²) < 4.78 is 0. The standard InChI is InChI=1S/C6H11N3/c7-3-5(8)4-9-6-1-2-6/h3-4,6H,1-2,7-8H2. The van der Waals surface area contributed by atoms with E-state index in [9.17, 15) is 0 Å². The van der Waals surface area contributed by atoms with E-state index in [2.05, 4.69) is 4.99 Å². The van der Waals surface area contributed by atoms with E-state index < -0.39 is 0 Å². The zero-order valence-electron chi connectivity index (χ0n) is 5.25. The second-order valence-electron chi connectivity index (χ2n) is 2.18. The normalized spacial score (nSPS) is 21.1. The zero-order valence-corrected chi connectivity index (χ0v) is 5.25. The van der Waals surface area contributed by atoms with Crippen molar-refractivity contribution in [1.29, 1.82) is 0 Å². The second-order valence-corrected chi connectivity index (χ2v) is 2.18. The van der Waals surface area contributed by atoms with Crippen LogP contribution in [0, 0.1) is 0 Å². The molecule has 0 unspecified atom stereocenters. The summed E-state index contributed by atoms with van der Waals surface area (Å²) >= 11 is 0. The Balaban J connectivity index is 2.29. The van der Waals surface area contributed by atoms with Crippen molar-refractivity contribution < 1.29 is 0 Å². The first-order valence-electron chi connectivity index (χ1n) is 3.03. The second kappa shape index (κ2) is 2.53. The summed E-state index contributed by atoms with van der Waals surface area (Å²) in [5.41, 5.74) is 11.0. The molecule has 0 amide bonds. The van der Waals surface area contributed by atoms with Crippen LogP contribution in [0.1, 0.15) is 12.8 Å². The molecular weight excluding hydrogens is 114 g/mol. The smallest absolute Gasteiger partial charge is 0.0653 e. The topological polar surface area (TPSA) is 64.4 Å². The van der Waals surface area contributed by atoms with Crippen LogP contribution in [0.25, 0.3) is 0 Å².